The molecule has 0 atom stereocenters. The standard InChI is InChI=1S/C13H14ClNO/c1-9-3-5-11(6-4-9)7-13-15-10(2)12(8-14)16-13/h3-6H,7-8H2,1-2H3. The smallest absolute Gasteiger partial charge is 0.199 e. The topological polar surface area (TPSA) is 26.0 Å². The molecule has 0 saturated heterocycles. The summed E-state index contributed by atoms with van der Waals surface area (Å²) in [6.07, 6.45) is 0.720. The van der Waals surface area contributed by atoms with Crippen LogP contribution in [-0.2, 0) is 12.3 Å². The van der Waals surface area contributed by atoms with Gasteiger partial charge in [0.05, 0.1) is 11.6 Å². The average Bonchev–Trinajstić information content (AvgIpc) is 2.62. The van der Waals surface area contributed by atoms with Gasteiger partial charge in [-0.05, 0) is 19.4 Å². The lowest BCUT2D eigenvalue weighted by Crippen LogP contribution is -1.88. The van der Waals surface area contributed by atoms with E-state index >= 15 is 0 Å². The molecule has 0 saturated carbocycles. The van der Waals surface area contributed by atoms with Gasteiger partial charge in [0, 0.05) is 6.42 Å². The van der Waals surface area contributed by atoms with Crippen LogP contribution in [-0.4, -0.2) is 4.98 Å². The number of hydrogen-bond donors (Lipinski definition) is 0. The molecule has 84 valence electrons. The highest BCUT2D eigenvalue weighted by Gasteiger charge is 2.08. The molecule has 0 N–H and O–H groups in total. The summed E-state index contributed by atoms with van der Waals surface area (Å²) in [7, 11) is 0. The SMILES string of the molecule is Cc1ccc(Cc2nc(C)c(CCl)o2)cc1. The van der Waals surface area contributed by atoms with E-state index in [1.165, 1.54) is 11.1 Å². The molecule has 1 aromatic heterocycles. The number of oxazole rings is 1. The summed E-state index contributed by atoms with van der Waals surface area (Å²) in [6, 6.07) is 8.37. The van der Waals surface area contributed by atoms with Crippen molar-refractivity contribution in [3.05, 3.63) is 52.7 Å². The van der Waals surface area contributed by atoms with Crippen LogP contribution in [0.4, 0.5) is 0 Å². The maximum absolute atomic E-state index is 5.74. The van der Waals surface area contributed by atoms with Gasteiger partial charge in [0.1, 0.15) is 5.76 Å². The van der Waals surface area contributed by atoms with Gasteiger partial charge in [-0.25, -0.2) is 4.98 Å². The van der Waals surface area contributed by atoms with Crippen molar-refractivity contribution in [2.45, 2.75) is 26.1 Å². The molecule has 0 fully saturated rings. The number of aryl methyl sites for hydroxylation is 2. The van der Waals surface area contributed by atoms with E-state index in [0.29, 0.717) is 5.88 Å². The van der Waals surface area contributed by atoms with Crippen molar-refractivity contribution in [1.82, 2.24) is 4.98 Å². The molecular weight excluding hydrogens is 222 g/mol. The molecule has 0 unspecified atom stereocenters. The fourth-order valence-electron chi connectivity index (χ4n) is 1.57. The molecular formula is C13H14ClNO. The molecule has 0 spiro atoms. The number of alkyl halides is 1. The molecule has 2 rings (SSSR count). The lowest BCUT2D eigenvalue weighted by atomic mass is 10.1. The Labute approximate surface area is 100 Å². The van der Waals surface area contributed by atoms with Crippen LogP contribution in [0.5, 0.6) is 0 Å². The van der Waals surface area contributed by atoms with Crippen LogP contribution in [0.2, 0.25) is 0 Å². The van der Waals surface area contributed by atoms with Crippen LogP contribution >= 0.6 is 11.6 Å². The number of aromatic nitrogens is 1. The Morgan fingerprint density at radius 1 is 1.19 bits per heavy atom. The second-order valence-electron chi connectivity index (χ2n) is 3.91. The summed E-state index contributed by atoms with van der Waals surface area (Å²) >= 11 is 5.74. The third kappa shape index (κ3) is 2.45. The average molecular weight is 236 g/mol. The molecule has 0 bridgehead atoms. The minimum Gasteiger partial charge on any atom is -0.444 e. The van der Waals surface area contributed by atoms with E-state index in [0.717, 1.165) is 23.8 Å². The number of benzene rings is 1. The van der Waals surface area contributed by atoms with Crippen molar-refractivity contribution >= 4 is 11.6 Å². The van der Waals surface area contributed by atoms with Gasteiger partial charge in [-0.3, -0.25) is 0 Å². The van der Waals surface area contributed by atoms with Crippen molar-refractivity contribution in [3.63, 3.8) is 0 Å². The Kier molecular flexibility index (Phi) is 3.30. The summed E-state index contributed by atoms with van der Waals surface area (Å²) in [5.74, 6) is 1.88. The van der Waals surface area contributed by atoms with E-state index in [1.807, 2.05) is 6.92 Å². The zero-order valence-electron chi connectivity index (χ0n) is 9.46. The molecule has 3 heteroatoms. The summed E-state index contributed by atoms with van der Waals surface area (Å²) < 4.78 is 5.55. The normalized spacial score (nSPS) is 10.7. The highest BCUT2D eigenvalue weighted by atomic mass is 35.5. The van der Waals surface area contributed by atoms with E-state index in [1.54, 1.807) is 0 Å². The number of hydrogen-bond acceptors (Lipinski definition) is 2. The molecule has 2 aromatic rings. The molecule has 0 aliphatic carbocycles. The molecule has 16 heavy (non-hydrogen) atoms. The minimum atomic E-state index is 0.382. The number of rotatable bonds is 3. The van der Waals surface area contributed by atoms with Crippen LogP contribution in [0.3, 0.4) is 0 Å². The van der Waals surface area contributed by atoms with Crippen LogP contribution in [0.15, 0.2) is 28.7 Å². The molecule has 0 amide bonds. The molecule has 2 nitrogen and oxygen atoms in total. The Morgan fingerprint density at radius 2 is 1.88 bits per heavy atom. The highest BCUT2D eigenvalue weighted by Crippen LogP contribution is 2.16. The fourth-order valence-corrected chi connectivity index (χ4v) is 1.82. The zero-order chi connectivity index (χ0) is 11.5. The predicted molar refractivity (Wildman–Crippen MR) is 64.8 cm³/mol. The van der Waals surface area contributed by atoms with Crippen molar-refractivity contribution in [3.8, 4) is 0 Å². The Hall–Kier alpha value is -1.28. The van der Waals surface area contributed by atoms with E-state index < -0.39 is 0 Å². The van der Waals surface area contributed by atoms with Crippen LogP contribution in [0.1, 0.15) is 28.5 Å². The maximum Gasteiger partial charge on any atom is 0.199 e. The monoisotopic (exact) mass is 235 g/mol. The fraction of sp³-hybridized carbons (Fsp3) is 0.308. The lowest BCUT2D eigenvalue weighted by Gasteiger charge is -1.97. The highest BCUT2D eigenvalue weighted by molar-refractivity contribution is 6.16. The largest absolute Gasteiger partial charge is 0.444 e. The quantitative estimate of drug-likeness (QED) is 0.760. The minimum absolute atomic E-state index is 0.382. The van der Waals surface area contributed by atoms with E-state index in [-0.39, 0.29) is 0 Å². The first-order chi connectivity index (χ1) is 7.69. The second-order valence-corrected chi connectivity index (χ2v) is 4.18. The lowest BCUT2D eigenvalue weighted by molar-refractivity contribution is 0.477. The summed E-state index contributed by atoms with van der Waals surface area (Å²) in [6.45, 7) is 3.99. The Bertz CT molecular complexity index is 473. The van der Waals surface area contributed by atoms with Crippen LogP contribution in [0, 0.1) is 13.8 Å². The van der Waals surface area contributed by atoms with Gasteiger partial charge >= 0.3 is 0 Å². The number of nitrogens with zero attached hydrogens (tertiary/aromatic N) is 1. The van der Waals surface area contributed by atoms with Crippen molar-refractivity contribution < 1.29 is 4.42 Å². The molecule has 1 aromatic carbocycles. The van der Waals surface area contributed by atoms with Gasteiger partial charge in [0.2, 0.25) is 0 Å². The van der Waals surface area contributed by atoms with Gasteiger partial charge in [0.25, 0.3) is 0 Å². The summed E-state index contributed by atoms with van der Waals surface area (Å²) in [5.41, 5.74) is 3.35. The number of halogens is 1. The Balaban J connectivity index is 2.17. The van der Waals surface area contributed by atoms with Crippen LogP contribution in [0.25, 0.3) is 0 Å². The predicted octanol–water partition coefficient (Wildman–Crippen LogP) is 3.62. The molecule has 1 heterocycles. The van der Waals surface area contributed by atoms with E-state index in [4.69, 9.17) is 16.0 Å². The molecule has 0 radical (unpaired) electrons. The van der Waals surface area contributed by atoms with Gasteiger partial charge < -0.3 is 4.42 Å². The van der Waals surface area contributed by atoms with Gasteiger partial charge in [-0.1, -0.05) is 29.8 Å². The van der Waals surface area contributed by atoms with E-state index in [9.17, 15) is 0 Å². The van der Waals surface area contributed by atoms with Gasteiger partial charge in [0.15, 0.2) is 5.89 Å². The zero-order valence-corrected chi connectivity index (χ0v) is 10.2. The first-order valence-corrected chi connectivity index (χ1v) is 5.79. The first kappa shape index (κ1) is 11.2. The van der Waals surface area contributed by atoms with E-state index in [2.05, 4.69) is 36.2 Å². The van der Waals surface area contributed by atoms with Crippen LogP contribution < -0.4 is 0 Å². The molecule has 0 aliphatic heterocycles. The Morgan fingerprint density at radius 3 is 2.44 bits per heavy atom. The third-order valence-corrected chi connectivity index (χ3v) is 2.78. The summed E-state index contributed by atoms with van der Waals surface area (Å²) in [4.78, 5) is 4.35. The van der Waals surface area contributed by atoms with Crippen molar-refractivity contribution in [2.75, 3.05) is 0 Å². The first-order valence-electron chi connectivity index (χ1n) is 5.25. The summed E-state index contributed by atoms with van der Waals surface area (Å²) in [5, 5.41) is 0. The van der Waals surface area contributed by atoms with Crippen molar-refractivity contribution in [1.29, 1.82) is 0 Å². The van der Waals surface area contributed by atoms with Crippen molar-refractivity contribution in [2.24, 2.45) is 0 Å². The second kappa shape index (κ2) is 4.71. The van der Waals surface area contributed by atoms with Gasteiger partial charge in [-0.2, -0.15) is 0 Å². The maximum atomic E-state index is 5.74. The third-order valence-electron chi connectivity index (χ3n) is 2.53. The molecule has 0 aliphatic rings. The van der Waals surface area contributed by atoms with Gasteiger partial charge in [-0.15, -0.1) is 11.6 Å².